The molecule has 0 radical (unpaired) electrons. The fourth-order valence-electron chi connectivity index (χ4n) is 3.81. The summed E-state index contributed by atoms with van der Waals surface area (Å²) in [6.45, 7) is 7.83. The smallest absolute Gasteiger partial charge is 0.324 e. The van der Waals surface area contributed by atoms with E-state index in [1.54, 1.807) is 10.7 Å². The number of hydrogen-bond acceptors (Lipinski definition) is 12. The molecule has 12 nitrogen and oxygen atoms in total. The van der Waals surface area contributed by atoms with Gasteiger partial charge in [-0.2, -0.15) is 4.98 Å². The minimum Gasteiger partial charge on any atom is -0.766 e. The lowest BCUT2D eigenvalue weighted by atomic mass is 9.92. The lowest BCUT2D eigenvalue weighted by molar-refractivity contribution is 0.130. The van der Waals surface area contributed by atoms with E-state index in [4.69, 9.17) is 9.26 Å². The molecule has 0 spiro atoms. The number of nitrogens with zero attached hydrogens (tertiary/aromatic N) is 8. The number of rotatable bonds is 7. The van der Waals surface area contributed by atoms with Crippen molar-refractivity contribution in [2.45, 2.75) is 50.8 Å². The summed E-state index contributed by atoms with van der Waals surface area (Å²) in [5.74, 6) is 1.36. The molecule has 4 aromatic heterocycles. The van der Waals surface area contributed by atoms with Crippen LogP contribution in [-0.2, 0) is 11.1 Å². The van der Waals surface area contributed by atoms with Crippen LogP contribution in [0, 0.1) is 5.92 Å². The number of aromatic nitrogens is 7. The highest BCUT2D eigenvalue weighted by Gasteiger charge is 2.28. The number of piperidine rings is 1. The molecule has 180 valence electrons. The van der Waals surface area contributed by atoms with E-state index in [9.17, 15) is 8.76 Å². The van der Waals surface area contributed by atoms with Gasteiger partial charge in [-0.05, 0) is 37.0 Å². The highest BCUT2D eigenvalue weighted by atomic mass is 32.2. The van der Waals surface area contributed by atoms with Crippen LogP contribution in [0.5, 0.6) is 5.19 Å². The van der Waals surface area contributed by atoms with Crippen molar-refractivity contribution in [3.63, 3.8) is 0 Å². The topological polar surface area (TPSA) is 147 Å². The predicted molar refractivity (Wildman–Crippen MR) is 122 cm³/mol. The first-order valence-corrected chi connectivity index (χ1v) is 12.8. The molecule has 14 heteroatoms. The largest absolute Gasteiger partial charge is 0.766 e. The zero-order chi connectivity index (χ0) is 23.8. The molecule has 1 fully saturated rings. The number of ether oxygens (including phenoxy) is 1. The first-order chi connectivity index (χ1) is 16.4. The summed E-state index contributed by atoms with van der Waals surface area (Å²) >= 11 is -1.11. The fourth-order valence-corrected chi connectivity index (χ4v) is 4.90. The van der Waals surface area contributed by atoms with Gasteiger partial charge in [-0.25, -0.2) is 19.5 Å². The van der Waals surface area contributed by atoms with Crippen LogP contribution in [0.25, 0.3) is 16.2 Å². The summed E-state index contributed by atoms with van der Waals surface area (Å²) in [5.41, 5.74) is 1.21. The predicted octanol–water partition coefficient (Wildman–Crippen LogP) is 2.68. The van der Waals surface area contributed by atoms with Crippen molar-refractivity contribution in [1.29, 1.82) is 0 Å². The summed E-state index contributed by atoms with van der Waals surface area (Å²) in [6.07, 6.45) is 6.50. The average Bonchev–Trinajstić information content (AvgIpc) is 3.54. The van der Waals surface area contributed by atoms with Gasteiger partial charge in [0, 0.05) is 48.0 Å². The van der Waals surface area contributed by atoms with Crippen molar-refractivity contribution in [2.75, 3.05) is 18.0 Å². The maximum absolute atomic E-state index is 10.9. The molecule has 2 unspecified atom stereocenters. The van der Waals surface area contributed by atoms with E-state index in [-0.39, 0.29) is 17.2 Å². The zero-order valence-corrected chi connectivity index (χ0v) is 20.5. The van der Waals surface area contributed by atoms with Crippen LogP contribution >= 0.6 is 11.3 Å². The van der Waals surface area contributed by atoms with Crippen LogP contribution in [0.3, 0.4) is 0 Å². The van der Waals surface area contributed by atoms with E-state index in [1.807, 2.05) is 13.8 Å². The Morgan fingerprint density at radius 3 is 2.56 bits per heavy atom. The van der Waals surface area contributed by atoms with Gasteiger partial charge in [0.05, 0.1) is 11.9 Å². The van der Waals surface area contributed by atoms with E-state index in [1.165, 1.54) is 23.7 Å². The van der Waals surface area contributed by atoms with Gasteiger partial charge in [0.15, 0.2) is 5.82 Å². The molecular weight excluding hydrogens is 480 g/mol. The van der Waals surface area contributed by atoms with Gasteiger partial charge in [-0.15, -0.1) is 5.10 Å². The van der Waals surface area contributed by atoms with Crippen molar-refractivity contribution in [3.8, 4) is 16.5 Å². The molecule has 5 rings (SSSR count). The van der Waals surface area contributed by atoms with Gasteiger partial charge in [0.2, 0.25) is 10.1 Å². The molecule has 2 atom stereocenters. The molecule has 0 amide bonds. The van der Waals surface area contributed by atoms with Crippen LogP contribution < -0.4 is 9.64 Å². The SMILES string of the molecule is CC(C)c1noc(N2CCC(C(C)Oc3nn4cc(-c5cnc(S(=O)[O-])nc5)nc4s3)CC2)n1. The van der Waals surface area contributed by atoms with Crippen molar-refractivity contribution in [3.05, 3.63) is 24.4 Å². The van der Waals surface area contributed by atoms with Crippen LogP contribution in [0.2, 0.25) is 0 Å². The van der Waals surface area contributed by atoms with Gasteiger partial charge in [-0.3, -0.25) is 4.21 Å². The highest BCUT2D eigenvalue weighted by Crippen LogP contribution is 2.30. The molecule has 0 aromatic carbocycles. The Morgan fingerprint density at radius 2 is 1.94 bits per heavy atom. The minimum absolute atomic E-state index is 0.000271. The molecule has 0 N–H and O–H groups in total. The molecule has 1 aliphatic rings. The summed E-state index contributed by atoms with van der Waals surface area (Å²) < 4.78 is 35.0. The Hall–Kier alpha value is -2.97. The normalized spacial score (nSPS) is 16.9. The van der Waals surface area contributed by atoms with Crippen molar-refractivity contribution < 1.29 is 18.0 Å². The molecule has 1 saturated heterocycles. The Morgan fingerprint density at radius 1 is 1.21 bits per heavy atom. The minimum atomic E-state index is -2.46. The monoisotopic (exact) mass is 503 g/mol. The maximum atomic E-state index is 10.9. The average molecular weight is 504 g/mol. The molecular formula is C20H23N8O4S2-. The second-order valence-corrected chi connectivity index (χ2v) is 10.2. The van der Waals surface area contributed by atoms with Gasteiger partial charge >= 0.3 is 6.01 Å². The third-order valence-electron chi connectivity index (χ3n) is 5.81. The van der Waals surface area contributed by atoms with E-state index in [0.717, 1.165) is 31.8 Å². The van der Waals surface area contributed by atoms with E-state index >= 15 is 0 Å². The second kappa shape index (κ2) is 9.35. The third kappa shape index (κ3) is 4.65. The number of fused-ring (bicyclic) bond motifs is 1. The molecule has 0 saturated carbocycles. The van der Waals surface area contributed by atoms with Gasteiger partial charge < -0.3 is 18.7 Å². The first-order valence-electron chi connectivity index (χ1n) is 10.9. The van der Waals surface area contributed by atoms with Crippen LogP contribution in [0.1, 0.15) is 45.4 Å². The van der Waals surface area contributed by atoms with Gasteiger partial charge in [-0.1, -0.05) is 19.0 Å². The number of imidazole rings is 1. The van der Waals surface area contributed by atoms with Gasteiger partial charge in [0.1, 0.15) is 6.10 Å². The van der Waals surface area contributed by atoms with E-state index < -0.39 is 11.1 Å². The zero-order valence-electron chi connectivity index (χ0n) is 18.8. The highest BCUT2D eigenvalue weighted by molar-refractivity contribution is 7.78. The van der Waals surface area contributed by atoms with Crippen molar-refractivity contribution in [1.82, 2.24) is 34.7 Å². The first kappa shape index (κ1) is 22.8. The molecule has 4 aromatic rings. The lowest BCUT2D eigenvalue weighted by Crippen LogP contribution is -2.38. The van der Waals surface area contributed by atoms with Crippen LogP contribution in [-0.4, -0.2) is 62.7 Å². The lowest BCUT2D eigenvalue weighted by Gasteiger charge is -2.33. The quantitative estimate of drug-likeness (QED) is 0.271. The molecule has 0 aliphatic carbocycles. The molecule has 5 heterocycles. The van der Waals surface area contributed by atoms with Crippen molar-refractivity contribution in [2.24, 2.45) is 5.92 Å². The Balaban J connectivity index is 1.19. The Kier molecular flexibility index (Phi) is 6.27. The van der Waals surface area contributed by atoms with E-state index in [2.05, 4.69) is 42.0 Å². The molecule has 0 bridgehead atoms. The Bertz CT molecular complexity index is 1260. The molecule has 34 heavy (non-hydrogen) atoms. The summed E-state index contributed by atoms with van der Waals surface area (Å²) in [4.78, 5) is 19.5. The fraction of sp³-hybridized carbons (Fsp3) is 0.500. The van der Waals surface area contributed by atoms with Crippen molar-refractivity contribution >= 4 is 33.4 Å². The summed E-state index contributed by atoms with van der Waals surface area (Å²) in [5, 5.41) is 8.84. The summed E-state index contributed by atoms with van der Waals surface area (Å²) in [6, 6.07) is 0.592. The molecule has 1 aliphatic heterocycles. The third-order valence-corrected chi connectivity index (χ3v) is 7.13. The second-order valence-electron chi connectivity index (χ2n) is 8.45. The Labute approximate surface area is 201 Å². The maximum Gasteiger partial charge on any atom is 0.324 e. The van der Waals surface area contributed by atoms with Crippen LogP contribution in [0.4, 0.5) is 6.01 Å². The number of anilines is 1. The van der Waals surface area contributed by atoms with E-state index in [0.29, 0.717) is 33.3 Å². The standard InChI is InChI=1S/C20H24N8O4S2/c1-11(2)16-24-18(32-26-16)27-6-4-13(5-7-27)12(3)31-20-25-28-10-15(23-19(28)33-20)14-8-21-17(22-9-14)34(29)30/h8-13H,4-7H2,1-3H3,(H,29,30)/p-1. The van der Waals surface area contributed by atoms with Gasteiger partial charge in [0.25, 0.3) is 5.19 Å². The van der Waals surface area contributed by atoms with Crippen LogP contribution in [0.15, 0.2) is 28.3 Å². The summed E-state index contributed by atoms with van der Waals surface area (Å²) in [7, 11) is 0. The number of hydrogen-bond donors (Lipinski definition) is 0.